The molecule has 2 heterocycles. The molecule has 0 bridgehead atoms. The standard InChI is InChI=1S/C13H17NO3/c15-9-3-4-11-12(8-17-13(11)6-9)14-7-10-2-1-5-16-10/h3-4,6,10,12,14-15H,1-2,5,7-8H2. The van der Waals surface area contributed by atoms with Crippen LogP contribution in [-0.4, -0.2) is 31.0 Å². The third-order valence-electron chi connectivity index (χ3n) is 3.39. The number of phenolic OH excluding ortho intramolecular Hbond substituents is 1. The predicted octanol–water partition coefficient (Wildman–Crippen LogP) is 1.59. The number of rotatable bonds is 3. The number of fused-ring (bicyclic) bond motifs is 1. The summed E-state index contributed by atoms with van der Waals surface area (Å²) in [7, 11) is 0. The summed E-state index contributed by atoms with van der Waals surface area (Å²) in [6.07, 6.45) is 2.65. The quantitative estimate of drug-likeness (QED) is 0.835. The van der Waals surface area contributed by atoms with Crippen molar-refractivity contribution in [1.82, 2.24) is 5.32 Å². The van der Waals surface area contributed by atoms with Crippen molar-refractivity contribution in [2.45, 2.75) is 25.0 Å². The lowest BCUT2D eigenvalue weighted by atomic mass is 10.1. The molecule has 0 radical (unpaired) electrons. The third-order valence-corrected chi connectivity index (χ3v) is 3.39. The molecule has 3 rings (SSSR count). The van der Waals surface area contributed by atoms with Crippen molar-refractivity contribution in [2.75, 3.05) is 19.8 Å². The fourth-order valence-corrected chi connectivity index (χ4v) is 2.45. The van der Waals surface area contributed by atoms with Crippen LogP contribution in [-0.2, 0) is 4.74 Å². The Morgan fingerprint density at radius 2 is 2.35 bits per heavy atom. The average Bonchev–Trinajstić information content (AvgIpc) is 2.94. The third kappa shape index (κ3) is 2.23. The summed E-state index contributed by atoms with van der Waals surface area (Å²) in [4.78, 5) is 0. The van der Waals surface area contributed by atoms with Gasteiger partial charge >= 0.3 is 0 Å². The first-order chi connectivity index (χ1) is 8.33. The molecule has 0 saturated carbocycles. The molecule has 0 amide bonds. The number of benzene rings is 1. The zero-order chi connectivity index (χ0) is 11.7. The minimum Gasteiger partial charge on any atom is -0.508 e. The highest BCUT2D eigenvalue weighted by Gasteiger charge is 2.25. The van der Waals surface area contributed by atoms with Gasteiger partial charge in [0, 0.05) is 24.8 Å². The molecule has 1 saturated heterocycles. The maximum absolute atomic E-state index is 9.36. The molecule has 2 unspecified atom stereocenters. The minimum atomic E-state index is 0.217. The van der Waals surface area contributed by atoms with E-state index in [0.29, 0.717) is 12.7 Å². The van der Waals surface area contributed by atoms with Gasteiger partial charge in [0.1, 0.15) is 18.1 Å². The van der Waals surface area contributed by atoms with Crippen LogP contribution in [0.4, 0.5) is 0 Å². The van der Waals surface area contributed by atoms with Crippen LogP contribution >= 0.6 is 0 Å². The van der Waals surface area contributed by atoms with Gasteiger partial charge in [-0.1, -0.05) is 0 Å². The molecule has 17 heavy (non-hydrogen) atoms. The Bertz CT molecular complexity index is 402. The summed E-state index contributed by atoms with van der Waals surface area (Å²) in [5.74, 6) is 1.04. The van der Waals surface area contributed by atoms with Crippen molar-refractivity contribution in [3.05, 3.63) is 23.8 Å². The predicted molar refractivity (Wildman–Crippen MR) is 63.3 cm³/mol. The maximum atomic E-state index is 9.36. The number of phenols is 1. The van der Waals surface area contributed by atoms with Gasteiger partial charge in [0.2, 0.25) is 0 Å². The lowest BCUT2D eigenvalue weighted by Gasteiger charge is -2.15. The largest absolute Gasteiger partial charge is 0.508 e. The molecule has 0 aromatic heterocycles. The first-order valence-corrected chi connectivity index (χ1v) is 6.13. The SMILES string of the molecule is Oc1ccc2c(c1)OCC2NCC1CCCO1. The number of hydrogen-bond donors (Lipinski definition) is 2. The summed E-state index contributed by atoms with van der Waals surface area (Å²) in [6.45, 7) is 2.39. The van der Waals surface area contributed by atoms with Crippen molar-refractivity contribution >= 4 is 0 Å². The van der Waals surface area contributed by atoms with E-state index < -0.39 is 0 Å². The van der Waals surface area contributed by atoms with Crippen LogP contribution < -0.4 is 10.1 Å². The Kier molecular flexibility index (Phi) is 2.91. The molecule has 0 spiro atoms. The molecule has 2 N–H and O–H groups in total. The van der Waals surface area contributed by atoms with E-state index in [1.54, 1.807) is 12.1 Å². The second-order valence-corrected chi connectivity index (χ2v) is 4.63. The first kappa shape index (κ1) is 10.9. The monoisotopic (exact) mass is 235 g/mol. The van der Waals surface area contributed by atoms with E-state index in [-0.39, 0.29) is 11.8 Å². The Morgan fingerprint density at radius 3 is 3.18 bits per heavy atom. The highest BCUT2D eigenvalue weighted by molar-refractivity contribution is 5.44. The van der Waals surface area contributed by atoms with E-state index in [2.05, 4.69) is 5.32 Å². The topological polar surface area (TPSA) is 50.7 Å². The molecule has 92 valence electrons. The van der Waals surface area contributed by atoms with Crippen molar-refractivity contribution < 1.29 is 14.6 Å². The highest BCUT2D eigenvalue weighted by atomic mass is 16.5. The molecular weight excluding hydrogens is 218 g/mol. The van der Waals surface area contributed by atoms with E-state index in [9.17, 15) is 5.11 Å². The van der Waals surface area contributed by atoms with Crippen LogP contribution in [0.3, 0.4) is 0 Å². The smallest absolute Gasteiger partial charge is 0.127 e. The number of nitrogens with one attached hydrogen (secondary N) is 1. The van der Waals surface area contributed by atoms with Gasteiger partial charge in [-0.3, -0.25) is 0 Å². The Labute approximate surface area is 101 Å². The molecular formula is C13H17NO3. The van der Waals surface area contributed by atoms with Gasteiger partial charge in [-0.05, 0) is 25.0 Å². The van der Waals surface area contributed by atoms with Crippen molar-refractivity contribution in [3.63, 3.8) is 0 Å². The summed E-state index contributed by atoms with van der Waals surface area (Å²) in [6, 6.07) is 5.51. The fraction of sp³-hybridized carbons (Fsp3) is 0.538. The summed E-state index contributed by atoms with van der Waals surface area (Å²) < 4.78 is 11.1. The van der Waals surface area contributed by atoms with Crippen LogP contribution in [0, 0.1) is 0 Å². The van der Waals surface area contributed by atoms with Gasteiger partial charge in [0.05, 0.1) is 12.1 Å². The normalized spacial score (nSPS) is 26.8. The number of aromatic hydroxyl groups is 1. The fourth-order valence-electron chi connectivity index (χ4n) is 2.45. The lowest BCUT2D eigenvalue weighted by Crippen LogP contribution is -2.30. The molecule has 2 atom stereocenters. The zero-order valence-corrected chi connectivity index (χ0v) is 9.69. The second kappa shape index (κ2) is 4.55. The minimum absolute atomic E-state index is 0.217. The van der Waals surface area contributed by atoms with Gasteiger partial charge in [-0.15, -0.1) is 0 Å². The molecule has 1 aromatic carbocycles. The highest BCUT2D eigenvalue weighted by Crippen LogP contribution is 2.34. The Morgan fingerprint density at radius 1 is 1.41 bits per heavy atom. The maximum Gasteiger partial charge on any atom is 0.127 e. The van der Waals surface area contributed by atoms with E-state index in [1.807, 2.05) is 6.07 Å². The molecule has 2 aliphatic heterocycles. The van der Waals surface area contributed by atoms with Gasteiger partial charge < -0.3 is 19.9 Å². The van der Waals surface area contributed by atoms with Crippen LogP contribution in [0.2, 0.25) is 0 Å². The molecule has 4 heteroatoms. The van der Waals surface area contributed by atoms with E-state index >= 15 is 0 Å². The molecule has 2 aliphatic rings. The van der Waals surface area contributed by atoms with Gasteiger partial charge in [0.25, 0.3) is 0 Å². The first-order valence-electron chi connectivity index (χ1n) is 6.13. The average molecular weight is 235 g/mol. The number of hydrogen-bond acceptors (Lipinski definition) is 4. The van der Waals surface area contributed by atoms with Gasteiger partial charge in [-0.2, -0.15) is 0 Å². The zero-order valence-electron chi connectivity index (χ0n) is 9.69. The Hall–Kier alpha value is -1.26. The molecule has 0 aliphatic carbocycles. The van der Waals surface area contributed by atoms with Crippen molar-refractivity contribution in [2.24, 2.45) is 0 Å². The van der Waals surface area contributed by atoms with Gasteiger partial charge in [0.15, 0.2) is 0 Å². The van der Waals surface area contributed by atoms with E-state index in [4.69, 9.17) is 9.47 Å². The summed E-state index contributed by atoms with van der Waals surface area (Å²) in [5, 5.41) is 12.8. The Balaban J connectivity index is 1.63. The van der Waals surface area contributed by atoms with Crippen molar-refractivity contribution in [3.8, 4) is 11.5 Å². The van der Waals surface area contributed by atoms with Crippen LogP contribution in [0.25, 0.3) is 0 Å². The van der Waals surface area contributed by atoms with Gasteiger partial charge in [-0.25, -0.2) is 0 Å². The molecule has 4 nitrogen and oxygen atoms in total. The summed E-state index contributed by atoms with van der Waals surface area (Å²) >= 11 is 0. The molecule has 1 fully saturated rings. The van der Waals surface area contributed by atoms with Crippen LogP contribution in [0.1, 0.15) is 24.4 Å². The van der Waals surface area contributed by atoms with Crippen molar-refractivity contribution in [1.29, 1.82) is 0 Å². The van der Waals surface area contributed by atoms with E-state index in [0.717, 1.165) is 37.3 Å². The number of ether oxygens (including phenoxy) is 2. The summed E-state index contributed by atoms with van der Waals surface area (Å²) in [5.41, 5.74) is 1.13. The second-order valence-electron chi connectivity index (χ2n) is 4.63. The molecule has 1 aromatic rings. The lowest BCUT2D eigenvalue weighted by molar-refractivity contribution is 0.106. The van der Waals surface area contributed by atoms with Crippen LogP contribution in [0.5, 0.6) is 11.5 Å². The van der Waals surface area contributed by atoms with E-state index in [1.165, 1.54) is 0 Å². The van der Waals surface area contributed by atoms with Crippen LogP contribution in [0.15, 0.2) is 18.2 Å².